The van der Waals surface area contributed by atoms with Crippen molar-refractivity contribution in [2.45, 2.75) is 33.2 Å². The first-order valence-corrected chi connectivity index (χ1v) is 9.74. The molecule has 0 saturated carbocycles. The van der Waals surface area contributed by atoms with E-state index in [2.05, 4.69) is 15.4 Å². The Morgan fingerprint density at radius 2 is 1.82 bits per heavy atom. The summed E-state index contributed by atoms with van der Waals surface area (Å²) in [7, 11) is 0. The van der Waals surface area contributed by atoms with Crippen LogP contribution in [0.15, 0.2) is 34.9 Å². The van der Waals surface area contributed by atoms with Crippen LogP contribution in [-0.2, 0) is 11.3 Å². The number of aromatic nitrogens is 1. The number of nitrogens with one attached hydrogen (secondary N) is 1. The van der Waals surface area contributed by atoms with Crippen LogP contribution in [0.5, 0.6) is 0 Å². The maximum absolute atomic E-state index is 12.9. The number of aryl methyl sites for hydroxylation is 1. The Morgan fingerprint density at radius 3 is 2.46 bits per heavy atom. The summed E-state index contributed by atoms with van der Waals surface area (Å²) in [5.41, 5.74) is 2.30. The number of nitrogens with zero attached hydrogens (tertiary/aromatic N) is 3. The van der Waals surface area contributed by atoms with Crippen LogP contribution in [0, 0.1) is 6.92 Å². The lowest BCUT2D eigenvalue weighted by Gasteiger charge is -2.34. The molecule has 7 heteroatoms. The van der Waals surface area contributed by atoms with Crippen molar-refractivity contribution >= 4 is 11.8 Å². The van der Waals surface area contributed by atoms with E-state index >= 15 is 0 Å². The summed E-state index contributed by atoms with van der Waals surface area (Å²) >= 11 is 0. The smallest absolute Gasteiger partial charge is 0.259 e. The van der Waals surface area contributed by atoms with E-state index in [1.54, 1.807) is 6.92 Å². The van der Waals surface area contributed by atoms with Gasteiger partial charge in [0.1, 0.15) is 5.56 Å². The third-order valence-corrected chi connectivity index (χ3v) is 4.99. The number of carbonyl (C=O) groups is 2. The Bertz CT molecular complexity index is 808. The average molecular weight is 384 g/mol. The third-order valence-electron chi connectivity index (χ3n) is 4.99. The normalized spacial score (nSPS) is 15.1. The van der Waals surface area contributed by atoms with Gasteiger partial charge in [0, 0.05) is 38.6 Å². The summed E-state index contributed by atoms with van der Waals surface area (Å²) in [5, 5.41) is 6.92. The second-order valence-electron chi connectivity index (χ2n) is 7.49. The minimum atomic E-state index is -0.0318. The van der Waals surface area contributed by atoms with Gasteiger partial charge in [0.2, 0.25) is 5.91 Å². The lowest BCUT2D eigenvalue weighted by atomic mass is 10.0. The predicted molar refractivity (Wildman–Crippen MR) is 106 cm³/mol. The molecule has 1 aromatic carbocycles. The van der Waals surface area contributed by atoms with Crippen LogP contribution in [0.25, 0.3) is 0 Å². The van der Waals surface area contributed by atoms with Crippen LogP contribution in [0.2, 0.25) is 0 Å². The lowest BCUT2D eigenvalue weighted by molar-refractivity contribution is -0.122. The van der Waals surface area contributed by atoms with E-state index in [0.29, 0.717) is 56.3 Å². The molecule has 3 rings (SSSR count). The summed E-state index contributed by atoms with van der Waals surface area (Å²) < 4.78 is 5.35. The number of hydrogen-bond donors (Lipinski definition) is 1. The summed E-state index contributed by atoms with van der Waals surface area (Å²) in [5.74, 6) is 0.719. The molecule has 7 nitrogen and oxygen atoms in total. The second-order valence-corrected chi connectivity index (χ2v) is 7.49. The molecule has 1 aromatic heterocycles. The lowest BCUT2D eigenvalue weighted by Crippen LogP contribution is -2.51. The summed E-state index contributed by atoms with van der Waals surface area (Å²) in [6, 6.07) is 9.85. The fourth-order valence-corrected chi connectivity index (χ4v) is 3.36. The van der Waals surface area contributed by atoms with Crippen LogP contribution in [0.1, 0.15) is 47.1 Å². The highest BCUT2D eigenvalue weighted by Crippen LogP contribution is 2.24. The highest BCUT2D eigenvalue weighted by molar-refractivity contribution is 5.96. The zero-order chi connectivity index (χ0) is 20.1. The number of carbonyl (C=O) groups excluding carboxylic acids is 2. The topological polar surface area (TPSA) is 78.7 Å². The first-order valence-electron chi connectivity index (χ1n) is 9.74. The number of benzene rings is 1. The highest BCUT2D eigenvalue weighted by Gasteiger charge is 2.29. The Morgan fingerprint density at radius 1 is 1.14 bits per heavy atom. The molecule has 0 radical (unpaired) electrons. The monoisotopic (exact) mass is 384 g/mol. The van der Waals surface area contributed by atoms with E-state index in [-0.39, 0.29) is 17.7 Å². The Balaban J connectivity index is 1.48. The van der Waals surface area contributed by atoms with Crippen LogP contribution in [0.4, 0.5) is 0 Å². The summed E-state index contributed by atoms with van der Waals surface area (Å²) in [4.78, 5) is 29.0. The van der Waals surface area contributed by atoms with Gasteiger partial charge >= 0.3 is 0 Å². The van der Waals surface area contributed by atoms with Crippen LogP contribution < -0.4 is 5.32 Å². The van der Waals surface area contributed by atoms with Gasteiger partial charge in [-0.25, -0.2) is 0 Å². The third kappa shape index (κ3) is 4.78. The molecule has 0 bridgehead atoms. The number of hydrogen-bond acceptors (Lipinski definition) is 5. The van der Waals surface area contributed by atoms with Crippen molar-refractivity contribution < 1.29 is 14.1 Å². The number of piperazine rings is 1. The largest absolute Gasteiger partial charge is 0.360 e. The van der Waals surface area contributed by atoms with Crippen molar-refractivity contribution in [3.05, 3.63) is 52.9 Å². The number of amides is 2. The van der Waals surface area contributed by atoms with Gasteiger partial charge in [0.25, 0.3) is 5.91 Å². The van der Waals surface area contributed by atoms with Crippen molar-refractivity contribution in [3.8, 4) is 0 Å². The molecule has 150 valence electrons. The minimum absolute atomic E-state index is 0.000558. The molecule has 0 aliphatic carbocycles. The molecule has 0 spiro atoms. The van der Waals surface area contributed by atoms with Crippen molar-refractivity contribution in [2.75, 3.05) is 32.7 Å². The average Bonchev–Trinajstić information content (AvgIpc) is 3.09. The van der Waals surface area contributed by atoms with Gasteiger partial charge < -0.3 is 14.7 Å². The van der Waals surface area contributed by atoms with E-state index in [4.69, 9.17) is 4.52 Å². The van der Waals surface area contributed by atoms with Crippen LogP contribution >= 0.6 is 0 Å². The number of rotatable bonds is 6. The SMILES string of the molecule is Cc1noc(C(C)C)c1C(=O)N1CCN(CC(=O)NCc2ccccc2)CC1. The zero-order valence-corrected chi connectivity index (χ0v) is 16.8. The van der Waals surface area contributed by atoms with E-state index in [1.165, 1.54) is 0 Å². The van der Waals surface area contributed by atoms with Crippen LogP contribution in [0.3, 0.4) is 0 Å². The van der Waals surface area contributed by atoms with Gasteiger partial charge in [-0.05, 0) is 12.5 Å². The fourth-order valence-electron chi connectivity index (χ4n) is 3.36. The molecule has 1 fully saturated rings. The second kappa shape index (κ2) is 9.01. The molecule has 0 atom stereocenters. The Kier molecular flexibility index (Phi) is 6.46. The van der Waals surface area contributed by atoms with Gasteiger partial charge in [-0.1, -0.05) is 49.3 Å². The van der Waals surface area contributed by atoms with E-state index in [1.807, 2.05) is 49.1 Å². The Hall–Kier alpha value is -2.67. The molecule has 1 aliphatic heterocycles. The molecule has 1 saturated heterocycles. The molecule has 2 heterocycles. The van der Waals surface area contributed by atoms with E-state index in [0.717, 1.165) is 5.56 Å². The molecule has 1 aliphatic rings. The predicted octanol–water partition coefficient (Wildman–Crippen LogP) is 2.18. The van der Waals surface area contributed by atoms with Crippen molar-refractivity contribution in [2.24, 2.45) is 0 Å². The van der Waals surface area contributed by atoms with Crippen molar-refractivity contribution in [1.29, 1.82) is 0 Å². The van der Waals surface area contributed by atoms with E-state index in [9.17, 15) is 9.59 Å². The zero-order valence-electron chi connectivity index (χ0n) is 16.8. The van der Waals surface area contributed by atoms with Gasteiger partial charge in [-0.2, -0.15) is 0 Å². The maximum atomic E-state index is 12.9. The first-order chi connectivity index (χ1) is 13.5. The van der Waals surface area contributed by atoms with Crippen molar-refractivity contribution in [3.63, 3.8) is 0 Å². The Labute approximate surface area is 165 Å². The molecule has 0 unspecified atom stereocenters. The molecule has 2 aromatic rings. The molecule has 1 N–H and O–H groups in total. The molecular weight excluding hydrogens is 356 g/mol. The first kappa shape index (κ1) is 20.1. The molecular formula is C21H28N4O3. The maximum Gasteiger partial charge on any atom is 0.259 e. The van der Waals surface area contributed by atoms with Gasteiger partial charge in [-0.15, -0.1) is 0 Å². The van der Waals surface area contributed by atoms with Crippen LogP contribution in [-0.4, -0.2) is 59.5 Å². The van der Waals surface area contributed by atoms with Gasteiger partial charge in [-0.3, -0.25) is 14.5 Å². The summed E-state index contributed by atoms with van der Waals surface area (Å²) in [6.45, 7) is 9.18. The van der Waals surface area contributed by atoms with Gasteiger partial charge in [0.05, 0.1) is 12.2 Å². The fraction of sp³-hybridized carbons (Fsp3) is 0.476. The summed E-state index contributed by atoms with van der Waals surface area (Å²) in [6.07, 6.45) is 0. The molecule has 2 amide bonds. The minimum Gasteiger partial charge on any atom is -0.360 e. The van der Waals surface area contributed by atoms with E-state index < -0.39 is 0 Å². The standard InChI is InChI=1S/C21H28N4O3/c1-15(2)20-19(16(3)23-28-20)21(27)25-11-9-24(10-12-25)14-18(26)22-13-17-7-5-4-6-8-17/h4-8,15H,9-14H2,1-3H3,(H,22,26). The quantitative estimate of drug-likeness (QED) is 0.826. The molecule has 28 heavy (non-hydrogen) atoms. The van der Waals surface area contributed by atoms with Crippen molar-refractivity contribution in [1.82, 2.24) is 20.3 Å². The highest BCUT2D eigenvalue weighted by atomic mass is 16.5. The van der Waals surface area contributed by atoms with Gasteiger partial charge in [0.15, 0.2) is 5.76 Å².